The number of hydrogen-bond acceptors (Lipinski definition) is 8. The highest BCUT2D eigenvalue weighted by atomic mass is 32.2. The molecule has 1 atom stereocenters. The van der Waals surface area contributed by atoms with Gasteiger partial charge in [-0.05, 0) is 36.9 Å². The summed E-state index contributed by atoms with van der Waals surface area (Å²) in [5.41, 5.74) is 2.17. The van der Waals surface area contributed by atoms with Gasteiger partial charge in [0.1, 0.15) is 12.7 Å². The van der Waals surface area contributed by atoms with E-state index < -0.39 is 0 Å². The molecule has 0 N–H and O–H groups in total. The number of hydrogen-bond donors (Lipinski definition) is 0. The number of methoxy groups -OCH3 is 1. The van der Waals surface area contributed by atoms with E-state index in [0.717, 1.165) is 24.3 Å². The van der Waals surface area contributed by atoms with Crippen LogP contribution in [0.4, 0.5) is 5.69 Å². The number of nitrogens with zero attached hydrogens (tertiary/aromatic N) is 4. The van der Waals surface area contributed by atoms with Crippen molar-refractivity contribution < 1.29 is 23.8 Å². The Morgan fingerprint density at radius 3 is 2.76 bits per heavy atom. The average Bonchev–Trinajstić information content (AvgIpc) is 3.28. The molecule has 2 fully saturated rings. The van der Waals surface area contributed by atoms with Crippen LogP contribution >= 0.6 is 11.8 Å². The van der Waals surface area contributed by atoms with Crippen molar-refractivity contribution in [1.29, 1.82) is 0 Å². The molecule has 1 unspecified atom stereocenters. The van der Waals surface area contributed by atoms with E-state index in [1.54, 1.807) is 35.1 Å². The topological polar surface area (TPSA) is 94.1 Å². The third kappa shape index (κ3) is 5.82. The molecule has 2 aliphatic heterocycles. The van der Waals surface area contributed by atoms with E-state index in [-0.39, 0.29) is 24.5 Å². The minimum Gasteiger partial charge on any atom is -0.475 e. The monoisotopic (exact) mass is 472 g/mol. The number of aromatic nitrogens is 2. The number of anilines is 1. The first-order chi connectivity index (χ1) is 16.1. The maximum Gasteiger partial charge on any atom is 0.254 e. The maximum atomic E-state index is 13.0. The van der Waals surface area contributed by atoms with E-state index in [1.807, 2.05) is 18.4 Å². The average molecular weight is 473 g/mol. The summed E-state index contributed by atoms with van der Waals surface area (Å²) in [7, 11) is 1.61. The summed E-state index contributed by atoms with van der Waals surface area (Å²) in [6.07, 6.45) is 3.10. The van der Waals surface area contributed by atoms with Crippen molar-refractivity contribution in [2.24, 2.45) is 0 Å². The van der Waals surface area contributed by atoms with Crippen LogP contribution in [0.15, 0.2) is 35.5 Å². The lowest BCUT2D eigenvalue weighted by Gasteiger charge is -2.33. The standard InChI is InChI=1S/C23H28N4O5S/c1-30-14-17-12-20(25-23(24-17)33-2)32-15-19-13-26(10-11-31-19)22(29)16-5-7-18(8-6-16)27-9-3-4-21(27)28/h5-8,12,19H,3-4,9-11,13-15H2,1-2H3. The van der Waals surface area contributed by atoms with Crippen molar-refractivity contribution in [3.05, 3.63) is 41.6 Å². The second kappa shape index (κ2) is 11.0. The quantitative estimate of drug-likeness (QED) is 0.427. The number of rotatable bonds is 8. The van der Waals surface area contributed by atoms with Crippen molar-refractivity contribution in [3.63, 3.8) is 0 Å². The molecule has 2 aliphatic rings. The van der Waals surface area contributed by atoms with Gasteiger partial charge in [0.25, 0.3) is 5.91 Å². The highest BCUT2D eigenvalue weighted by molar-refractivity contribution is 7.98. The van der Waals surface area contributed by atoms with E-state index in [9.17, 15) is 9.59 Å². The fourth-order valence-electron chi connectivity index (χ4n) is 3.91. The van der Waals surface area contributed by atoms with Gasteiger partial charge < -0.3 is 24.0 Å². The molecule has 3 heterocycles. The van der Waals surface area contributed by atoms with Gasteiger partial charge in [0.15, 0.2) is 5.16 Å². The molecule has 9 nitrogen and oxygen atoms in total. The molecule has 33 heavy (non-hydrogen) atoms. The van der Waals surface area contributed by atoms with Gasteiger partial charge in [-0.15, -0.1) is 0 Å². The molecule has 0 saturated carbocycles. The van der Waals surface area contributed by atoms with Crippen LogP contribution in [0, 0.1) is 0 Å². The number of benzene rings is 1. The van der Waals surface area contributed by atoms with Crippen LogP contribution in [-0.4, -0.2) is 79.0 Å². The van der Waals surface area contributed by atoms with Gasteiger partial charge in [-0.3, -0.25) is 9.59 Å². The number of amides is 2. The van der Waals surface area contributed by atoms with Crippen LogP contribution in [0.3, 0.4) is 0 Å². The van der Waals surface area contributed by atoms with Gasteiger partial charge in [0, 0.05) is 43.9 Å². The van der Waals surface area contributed by atoms with Crippen molar-refractivity contribution in [1.82, 2.24) is 14.9 Å². The Labute approximate surface area is 197 Å². The smallest absolute Gasteiger partial charge is 0.254 e. The SMILES string of the molecule is COCc1cc(OCC2CN(C(=O)c3ccc(N4CCCC4=O)cc3)CCO2)nc(SC)n1. The number of thioether (sulfide) groups is 1. The lowest BCUT2D eigenvalue weighted by Crippen LogP contribution is -2.47. The van der Waals surface area contributed by atoms with E-state index in [2.05, 4.69) is 9.97 Å². The molecule has 0 aliphatic carbocycles. The Kier molecular flexibility index (Phi) is 7.79. The summed E-state index contributed by atoms with van der Waals surface area (Å²) in [5.74, 6) is 0.532. The van der Waals surface area contributed by atoms with E-state index in [4.69, 9.17) is 14.2 Å². The number of morpholine rings is 1. The molecule has 0 bridgehead atoms. The van der Waals surface area contributed by atoms with Gasteiger partial charge in [0.2, 0.25) is 11.8 Å². The van der Waals surface area contributed by atoms with Crippen LogP contribution in [0.5, 0.6) is 5.88 Å². The van der Waals surface area contributed by atoms with Gasteiger partial charge >= 0.3 is 0 Å². The highest BCUT2D eigenvalue weighted by Crippen LogP contribution is 2.23. The molecule has 1 aromatic carbocycles. The van der Waals surface area contributed by atoms with Crippen molar-refractivity contribution in [2.75, 3.05) is 51.1 Å². The molecule has 2 amide bonds. The fraction of sp³-hybridized carbons (Fsp3) is 0.478. The van der Waals surface area contributed by atoms with E-state index in [1.165, 1.54) is 11.8 Å². The van der Waals surface area contributed by atoms with Gasteiger partial charge in [-0.25, -0.2) is 4.98 Å². The zero-order valence-electron chi connectivity index (χ0n) is 18.9. The summed E-state index contributed by atoms with van der Waals surface area (Å²) >= 11 is 1.43. The predicted octanol–water partition coefficient (Wildman–Crippen LogP) is 2.39. The van der Waals surface area contributed by atoms with Crippen LogP contribution < -0.4 is 9.64 Å². The van der Waals surface area contributed by atoms with Crippen molar-refractivity contribution >= 4 is 29.3 Å². The zero-order valence-corrected chi connectivity index (χ0v) is 19.7. The molecule has 2 aromatic rings. The lowest BCUT2D eigenvalue weighted by atomic mass is 10.1. The number of carbonyl (C=O) groups excluding carboxylic acids is 2. The number of ether oxygens (including phenoxy) is 3. The molecule has 4 rings (SSSR count). The molecule has 176 valence electrons. The van der Waals surface area contributed by atoms with Gasteiger partial charge in [0.05, 0.1) is 25.5 Å². The second-order valence-electron chi connectivity index (χ2n) is 7.87. The lowest BCUT2D eigenvalue weighted by molar-refractivity contribution is -0.117. The predicted molar refractivity (Wildman–Crippen MR) is 124 cm³/mol. The van der Waals surface area contributed by atoms with E-state index in [0.29, 0.717) is 49.3 Å². The van der Waals surface area contributed by atoms with E-state index >= 15 is 0 Å². The zero-order chi connectivity index (χ0) is 23.2. The third-order valence-corrected chi connectivity index (χ3v) is 6.10. The first-order valence-electron chi connectivity index (χ1n) is 10.9. The Hall–Kier alpha value is -2.69. The Bertz CT molecular complexity index is 987. The summed E-state index contributed by atoms with van der Waals surface area (Å²) in [4.78, 5) is 37.3. The Morgan fingerprint density at radius 1 is 1.24 bits per heavy atom. The molecular formula is C23H28N4O5S. The normalized spacial score (nSPS) is 18.6. The summed E-state index contributed by atoms with van der Waals surface area (Å²) in [5, 5.41) is 0.611. The number of carbonyl (C=O) groups is 2. The minimum absolute atomic E-state index is 0.0586. The second-order valence-corrected chi connectivity index (χ2v) is 8.64. The van der Waals surface area contributed by atoms with Crippen molar-refractivity contribution in [2.45, 2.75) is 30.7 Å². The molecule has 1 aromatic heterocycles. The minimum atomic E-state index is -0.261. The van der Waals surface area contributed by atoms with Gasteiger partial charge in [-0.2, -0.15) is 4.98 Å². The highest BCUT2D eigenvalue weighted by Gasteiger charge is 2.27. The molecule has 2 saturated heterocycles. The van der Waals surface area contributed by atoms with Crippen LogP contribution in [0.1, 0.15) is 28.9 Å². The van der Waals surface area contributed by atoms with Crippen molar-refractivity contribution in [3.8, 4) is 5.88 Å². The first-order valence-corrected chi connectivity index (χ1v) is 12.1. The van der Waals surface area contributed by atoms with Crippen LogP contribution in [0.2, 0.25) is 0 Å². The summed E-state index contributed by atoms with van der Waals surface area (Å²) in [6.45, 7) is 2.76. The molecular weight excluding hydrogens is 444 g/mol. The molecule has 0 radical (unpaired) electrons. The first kappa shape index (κ1) is 23.5. The maximum absolute atomic E-state index is 13.0. The molecule has 0 spiro atoms. The van der Waals surface area contributed by atoms with Crippen LogP contribution in [-0.2, 0) is 20.9 Å². The Balaban J connectivity index is 1.35. The third-order valence-electron chi connectivity index (χ3n) is 5.55. The van der Waals surface area contributed by atoms with Gasteiger partial charge in [-0.1, -0.05) is 11.8 Å². The largest absolute Gasteiger partial charge is 0.475 e. The van der Waals surface area contributed by atoms with Crippen LogP contribution in [0.25, 0.3) is 0 Å². The molecule has 10 heteroatoms. The summed E-state index contributed by atoms with van der Waals surface area (Å²) < 4.78 is 16.8. The summed E-state index contributed by atoms with van der Waals surface area (Å²) in [6, 6.07) is 9.00. The Morgan fingerprint density at radius 2 is 2.06 bits per heavy atom. The fourth-order valence-corrected chi connectivity index (χ4v) is 4.30.